The van der Waals surface area contributed by atoms with Gasteiger partial charge in [-0.3, -0.25) is 4.79 Å². The second-order valence-corrected chi connectivity index (χ2v) is 6.68. The van der Waals surface area contributed by atoms with Crippen LogP contribution in [0.2, 0.25) is 0 Å². The molecular weight excluding hydrogens is 275 g/mol. The van der Waals surface area contributed by atoms with Gasteiger partial charge in [0.2, 0.25) is 0 Å². The molecule has 0 saturated carbocycles. The largest absolute Gasteiger partial charge is 0.299 e. The van der Waals surface area contributed by atoms with E-state index in [0.717, 1.165) is 12.0 Å². The number of rotatable bonds is 5. The van der Waals surface area contributed by atoms with E-state index in [1.54, 1.807) is 19.9 Å². The van der Waals surface area contributed by atoms with Crippen molar-refractivity contribution in [2.45, 2.75) is 53.9 Å². The van der Waals surface area contributed by atoms with E-state index in [1.807, 2.05) is 6.08 Å². The van der Waals surface area contributed by atoms with Gasteiger partial charge in [-0.05, 0) is 74.3 Å². The van der Waals surface area contributed by atoms with Gasteiger partial charge in [-0.25, -0.2) is 4.39 Å². The van der Waals surface area contributed by atoms with Gasteiger partial charge in [-0.2, -0.15) is 0 Å². The molecule has 1 rings (SSSR count). The number of hydrogen-bond acceptors (Lipinski definition) is 1. The summed E-state index contributed by atoms with van der Waals surface area (Å²) < 4.78 is 14.1. The lowest BCUT2D eigenvalue weighted by Crippen LogP contribution is -2.19. The molecule has 1 nitrogen and oxygen atoms in total. The molecule has 120 valence electrons. The van der Waals surface area contributed by atoms with Crippen LogP contribution in [-0.4, -0.2) is 6.29 Å². The molecule has 0 spiro atoms. The van der Waals surface area contributed by atoms with E-state index in [0.29, 0.717) is 11.9 Å². The molecule has 0 bridgehead atoms. The highest BCUT2D eigenvalue weighted by Gasteiger charge is 2.26. The Kier molecular flexibility index (Phi) is 6.73. The molecular formula is C20H27FO. The maximum Gasteiger partial charge on any atom is 0.143 e. The summed E-state index contributed by atoms with van der Waals surface area (Å²) in [7, 11) is 0. The Balaban J connectivity index is 2.94. The van der Waals surface area contributed by atoms with Crippen molar-refractivity contribution in [1.82, 2.24) is 0 Å². The molecule has 1 aliphatic rings. The zero-order valence-corrected chi connectivity index (χ0v) is 14.4. The summed E-state index contributed by atoms with van der Waals surface area (Å²) in [6.45, 7) is 10.2. The fraction of sp³-hybridized carbons (Fsp3) is 0.450. The highest BCUT2D eigenvalue weighted by Crippen LogP contribution is 2.40. The van der Waals surface area contributed by atoms with E-state index >= 15 is 0 Å². The van der Waals surface area contributed by atoms with Crippen LogP contribution in [0.5, 0.6) is 0 Å². The number of hydrogen-bond donors (Lipinski definition) is 0. The van der Waals surface area contributed by atoms with Crippen LogP contribution < -0.4 is 0 Å². The summed E-state index contributed by atoms with van der Waals surface area (Å²) in [4.78, 5) is 10.3. The summed E-state index contributed by atoms with van der Waals surface area (Å²) in [6.07, 6.45) is 12.6. The van der Waals surface area contributed by atoms with Crippen molar-refractivity contribution in [2.24, 2.45) is 5.41 Å². The first kappa shape index (κ1) is 18.3. The molecule has 0 N–H and O–H groups in total. The standard InChI is InChI=1S/C20H27FO/c1-15(12-14-22)8-11-19(21)17(3)9-10-18-16(2)7-6-13-20(18,4)5/h8-12,14H,6-7,13H2,1-5H3/b10-9+,11-8+,15-12+,19-17-. The minimum absolute atomic E-state index is 0.161. The van der Waals surface area contributed by atoms with E-state index in [4.69, 9.17) is 0 Å². The third-order valence-corrected chi connectivity index (χ3v) is 4.24. The first-order chi connectivity index (χ1) is 10.3. The molecule has 0 aromatic rings. The number of halogens is 1. The van der Waals surface area contributed by atoms with Crippen molar-refractivity contribution in [1.29, 1.82) is 0 Å². The van der Waals surface area contributed by atoms with Gasteiger partial charge in [-0.15, -0.1) is 0 Å². The third-order valence-electron chi connectivity index (χ3n) is 4.24. The highest BCUT2D eigenvalue weighted by atomic mass is 19.1. The van der Waals surface area contributed by atoms with Crippen LogP contribution in [0.4, 0.5) is 4.39 Å². The Bertz CT molecular complexity index is 569. The number of aldehydes is 1. The van der Waals surface area contributed by atoms with E-state index in [2.05, 4.69) is 26.8 Å². The maximum absolute atomic E-state index is 14.1. The Labute approximate surface area is 134 Å². The van der Waals surface area contributed by atoms with Gasteiger partial charge in [-0.1, -0.05) is 37.6 Å². The molecule has 2 heteroatoms. The van der Waals surface area contributed by atoms with E-state index in [9.17, 15) is 9.18 Å². The zero-order chi connectivity index (χ0) is 16.8. The van der Waals surface area contributed by atoms with Crippen molar-refractivity contribution in [3.8, 4) is 0 Å². The van der Waals surface area contributed by atoms with Crippen LogP contribution in [-0.2, 0) is 4.79 Å². The summed E-state index contributed by atoms with van der Waals surface area (Å²) >= 11 is 0. The maximum atomic E-state index is 14.1. The minimum Gasteiger partial charge on any atom is -0.299 e. The Morgan fingerprint density at radius 3 is 2.45 bits per heavy atom. The topological polar surface area (TPSA) is 17.1 Å². The quantitative estimate of drug-likeness (QED) is 0.345. The Hall–Kier alpha value is -1.70. The lowest BCUT2D eigenvalue weighted by atomic mass is 9.72. The first-order valence-corrected chi connectivity index (χ1v) is 7.83. The summed E-state index contributed by atoms with van der Waals surface area (Å²) in [5.74, 6) is -0.276. The van der Waals surface area contributed by atoms with Crippen LogP contribution in [0.1, 0.15) is 53.9 Å². The number of allylic oxidation sites excluding steroid dienone is 10. The van der Waals surface area contributed by atoms with Gasteiger partial charge in [0.15, 0.2) is 0 Å². The van der Waals surface area contributed by atoms with E-state index in [-0.39, 0.29) is 11.2 Å². The van der Waals surface area contributed by atoms with Gasteiger partial charge in [0, 0.05) is 0 Å². The number of carbonyl (C=O) groups is 1. The molecule has 0 amide bonds. The molecule has 0 fully saturated rings. The summed E-state index contributed by atoms with van der Waals surface area (Å²) in [5, 5.41) is 0. The molecule has 22 heavy (non-hydrogen) atoms. The average Bonchev–Trinajstić information content (AvgIpc) is 2.43. The first-order valence-electron chi connectivity index (χ1n) is 7.83. The SMILES string of the molecule is CC1=C(/C=C/C(C)=C(F)/C=C/C(C)=C/C=O)C(C)(C)CCC1. The van der Waals surface area contributed by atoms with Gasteiger partial charge in [0.25, 0.3) is 0 Å². The predicted molar refractivity (Wildman–Crippen MR) is 92.2 cm³/mol. The molecule has 0 unspecified atom stereocenters. The van der Waals surface area contributed by atoms with Crippen LogP contribution in [0.3, 0.4) is 0 Å². The van der Waals surface area contributed by atoms with Crippen LogP contribution in [0.15, 0.2) is 58.5 Å². The molecule has 0 radical (unpaired) electrons. The molecule has 1 aliphatic carbocycles. The van der Waals surface area contributed by atoms with Crippen LogP contribution >= 0.6 is 0 Å². The fourth-order valence-electron chi connectivity index (χ4n) is 2.80. The molecule has 0 aromatic carbocycles. The van der Waals surface area contributed by atoms with Crippen molar-refractivity contribution in [3.63, 3.8) is 0 Å². The Morgan fingerprint density at radius 1 is 1.18 bits per heavy atom. The minimum atomic E-state index is -0.276. The molecule has 0 atom stereocenters. The van der Waals surface area contributed by atoms with Gasteiger partial charge < -0.3 is 0 Å². The van der Waals surface area contributed by atoms with Gasteiger partial charge >= 0.3 is 0 Å². The van der Waals surface area contributed by atoms with Crippen molar-refractivity contribution >= 4 is 6.29 Å². The van der Waals surface area contributed by atoms with Crippen LogP contribution in [0, 0.1) is 5.41 Å². The van der Waals surface area contributed by atoms with Crippen LogP contribution in [0.25, 0.3) is 0 Å². The average molecular weight is 302 g/mol. The second-order valence-electron chi connectivity index (χ2n) is 6.68. The summed E-state index contributed by atoms with van der Waals surface area (Å²) in [5.41, 5.74) is 4.22. The number of carbonyl (C=O) groups excluding carboxylic acids is 1. The van der Waals surface area contributed by atoms with Crippen molar-refractivity contribution in [3.05, 3.63) is 58.5 Å². The molecule has 0 aromatic heterocycles. The van der Waals surface area contributed by atoms with Gasteiger partial charge in [0.05, 0.1) is 0 Å². The predicted octanol–water partition coefficient (Wildman–Crippen LogP) is 6.01. The van der Waals surface area contributed by atoms with Crippen molar-refractivity contribution < 1.29 is 9.18 Å². The molecule has 0 saturated heterocycles. The van der Waals surface area contributed by atoms with E-state index in [1.165, 1.54) is 36.1 Å². The fourth-order valence-corrected chi connectivity index (χ4v) is 2.80. The normalized spacial score (nSPS) is 20.7. The second kappa shape index (κ2) is 8.07. The zero-order valence-electron chi connectivity index (χ0n) is 14.4. The molecule has 0 heterocycles. The highest BCUT2D eigenvalue weighted by molar-refractivity contribution is 5.67. The van der Waals surface area contributed by atoms with Gasteiger partial charge in [0.1, 0.15) is 12.1 Å². The van der Waals surface area contributed by atoms with Crippen molar-refractivity contribution in [2.75, 3.05) is 0 Å². The smallest absolute Gasteiger partial charge is 0.143 e. The molecule has 0 aliphatic heterocycles. The van der Waals surface area contributed by atoms with E-state index < -0.39 is 0 Å². The lowest BCUT2D eigenvalue weighted by molar-refractivity contribution is -0.104. The lowest BCUT2D eigenvalue weighted by Gasteiger charge is -2.32. The monoisotopic (exact) mass is 302 g/mol. The summed E-state index contributed by atoms with van der Waals surface area (Å²) in [6, 6.07) is 0. The third kappa shape index (κ3) is 5.25. The Morgan fingerprint density at radius 2 is 1.86 bits per heavy atom.